The minimum Gasteiger partial charge on any atom is -0.373 e. The molecule has 0 spiro atoms. The summed E-state index contributed by atoms with van der Waals surface area (Å²) in [5, 5.41) is 0. The lowest BCUT2D eigenvalue weighted by molar-refractivity contribution is 0.316. The first-order valence-corrected chi connectivity index (χ1v) is 3.50. The summed E-state index contributed by atoms with van der Waals surface area (Å²) in [6.45, 7) is 5.48. The summed E-state index contributed by atoms with van der Waals surface area (Å²) in [5.74, 6) is 0.843. The Balaban J connectivity index is 2.15. The fraction of sp³-hybridized carbons (Fsp3) is 1.00. The van der Waals surface area contributed by atoms with Gasteiger partial charge in [-0.15, -0.1) is 0 Å². The van der Waals surface area contributed by atoms with Gasteiger partial charge in [0.2, 0.25) is 0 Å². The molecule has 1 rings (SSSR count). The average molecular weight is 114 g/mol. The third kappa shape index (κ3) is 1.22. The van der Waals surface area contributed by atoms with Gasteiger partial charge in [-0.25, -0.2) is 0 Å². The summed E-state index contributed by atoms with van der Waals surface area (Å²) >= 11 is 0. The van der Waals surface area contributed by atoms with E-state index in [4.69, 9.17) is 4.74 Å². The quantitative estimate of drug-likeness (QED) is 0.510. The number of hydrogen-bond donors (Lipinski definition) is 0. The average Bonchev–Trinajstić information content (AvgIpc) is 2.53. The highest BCUT2D eigenvalue weighted by molar-refractivity contribution is 4.76. The van der Waals surface area contributed by atoms with E-state index in [1.165, 1.54) is 12.8 Å². The second kappa shape index (κ2) is 2.49. The Kier molecular flexibility index (Phi) is 1.90. The molecule has 0 radical (unpaired) electrons. The molecule has 0 aromatic carbocycles. The standard InChI is InChI=1S/C7H14O/c1-3-6(4-2)7-5-8-7/h6-7H,3-5H2,1-2H3/t7-/m0/s1. The molecule has 1 heterocycles. The van der Waals surface area contributed by atoms with Crippen LogP contribution in [0.1, 0.15) is 26.7 Å². The summed E-state index contributed by atoms with van der Waals surface area (Å²) in [4.78, 5) is 0. The lowest BCUT2D eigenvalue weighted by Gasteiger charge is -2.05. The van der Waals surface area contributed by atoms with Gasteiger partial charge in [-0.1, -0.05) is 26.7 Å². The molecule has 0 bridgehead atoms. The van der Waals surface area contributed by atoms with Crippen LogP contribution in [0.2, 0.25) is 0 Å². The van der Waals surface area contributed by atoms with Gasteiger partial charge in [0.15, 0.2) is 0 Å². The fourth-order valence-electron chi connectivity index (χ4n) is 1.14. The van der Waals surface area contributed by atoms with E-state index in [0.717, 1.165) is 12.5 Å². The van der Waals surface area contributed by atoms with Crippen molar-refractivity contribution in [1.82, 2.24) is 0 Å². The van der Waals surface area contributed by atoms with Crippen molar-refractivity contribution in [2.75, 3.05) is 6.61 Å². The van der Waals surface area contributed by atoms with Gasteiger partial charge in [-0.05, 0) is 5.92 Å². The Morgan fingerprint density at radius 2 is 2.00 bits per heavy atom. The minimum atomic E-state index is 0.630. The molecule has 0 amide bonds. The highest BCUT2D eigenvalue weighted by Gasteiger charge is 2.29. The van der Waals surface area contributed by atoms with Crippen LogP contribution in [-0.4, -0.2) is 12.7 Å². The van der Waals surface area contributed by atoms with Crippen molar-refractivity contribution >= 4 is 0 Å². The molecular weight excluding hydrogens is 100 g/mol. The van der Waals surface area contributed by atoms with Crippen LogP contribution in [0.3, 0.4) is 0 Å². The number of hydrogen-bond acceptors (Lipinski definition) is 1. The van der Waals surface area contributed by atoms with Gasteiger partial charge in [-0.2, -0.15) is 0 Å². The van der Waals surface area contributed by atoms with Crippen molar-refractivity contribution in [3.05, 3.63) is 0 Å². The lowest BCUT2D eigenvalue weighted by Crippen LogP contribution is -2.04. The Morgan fingerprint density at radius 3 is 2.12 bits per heavy atom. The van der Waals surface area contributed by atoms with E-state index >= 15 is 0 Å². The zero-order valence-corrected chi connectivity index (χ0v) is 5.68. The van der Waals surface area contributed by atoms with Crippen LogP contribution in [0, 0.1) is 5.92 Å². The van der Waals surface area contributed by atoms with E-state index in [-0.39, 0.29) is 0 Å². The Bertz CT molecular complexity index is 62.8. The summed E-state index contributed by atoms with van der Waals surface area (Å²) in [6, 6.07) is 0. The van der Waals surface area contributed by atoms with Crippen LogP contribution in [0.15, 0.2) is 0 Å². The van der Waals surface area contributed by atoms with Crippen LogP contribution in [-0.2, 0) is 4.74 Å². The second-order valence-corrected chi connectivity index (χ2v) is 2.45. The maximum atomic E-state index is 5.15. The van der Waals surface area contributed by atoms with Gasteiger partial charge in [0.1, 0.15) is 0 Å². The van der Waals surface area contributed by atoms with Gasteiger partial charge in [-0.3, -0.25) is 0 Å². The molecule has 8 heavy (non-hydrogen) atoms. The second-order valence-electron chi connectivity index (χ2n) is 2.45. The van der Waals surface area contributed by atoms with Crippen molar-refractivity contribution in [3.8, 4) is 0 Å². The predicted octanol–water partition coefficient (Wildman–Crippen LogP) is 1.82. The highest BCUT2D eigenvalue weighted by atomic mass is 16.6. The zero-order chi connectivity index (χ0) is 5.98. The molecule has 1 atom stereocenters. The van der Waals surface area contributed by atoms with E-state index in [1.807, 2.05) is 0 Å². The molecule has 0 aromatic rings. The largest absolute Gasteiger partial charge is 0.373 e. The molecule has 0 N–H and O–H groups in total. The van der Waals surface area contributed by atoms with Gasteiger partial charge >= 0.3 is 0 Å². The molecule has 0 aliphatic carbocycles. The molecular formula is C7H14O. The van der Waals surface area contributed by atoms with E-state index in [2.05, 4.69) is 13.8 Å². The monoisotopic (exact) mass is 114 g/mol. The topological polar surface area (TPSA) is 12.5 Å². The smallest absolute Gasteiger partial charge is 0.0837 e. The third-order valence-corrected chi connectivity index (χ3v) is 1.93. The van der Waals surface area contributed by atoms with Crippen molar-refractivity contribution in [2.45, 2.75) is 32.8 Å². The molecule has 1 saturated heterocycles. The first-order valence-electron chi connectivity index (χ1n) is 3.50. The van der Waals surface area contributed by atoms with Crippen molar-refractivity contribution in [2.24, 2.45) is 5.92 Å². The van der Waals surface area contributed by atoms with E-state index in [9.17, 15) is 0 Å². The third-order valence-electron chi connectivity index (χ3n) is 1.93. The molecule has 0 saturated carbocycles. The van der Waals surface area contributed by atoms with Crippen molar-refractivity contribution in [1.29, 1.82) is 0 Å². The highest BCUT2D eigenvalue weighted by Crippen LogP contribution is 2.25. The first kappa shape index (κ1) is 6.09. The molecule has 1 fully saturated rings. The SMILES string of the molecule is CCC(CC)[C@@H]1CO1. The molecule has 48 valence electrons. The Hall–Kier alpha value is -0.0400. The van der Waals surface area contributed by atoms with Gasteiger partial charge in [0, 0.05) is 0 Å². The fourth-order valence-corrected chi connectivity index (χ4v) is 1.14. The van der Waals surface area contributed by atoms with Crippen LogP contribution in [0.4, 0.5) is 0 Å². The van der Waals surface area contributed by atoms with Gasteiger partial charge in [0.05, 0.1) is 12.7 Å². The Morgan fingerprint density at radius 1 is 1.50 bits per heavy atom. The van der Waals surface area contributed by atoms with Gasteiger partial charge in [0.25, 0.3) is 0 Å². The number of epoxide rings is 1. The summed E-state index contributed by atoms with van der Waals surface area (Å²) in [6.07, 6.45) is 3.19. The minimum absolute atomic E-state index is 0.630. The molecule has 0 unspecified atom stereocenters. The van der Waals surface area contributed by atoms with Crippen molar-refractivity contribution in [3.63, 3.8) is 0 Å². The van der Waals surface area contributed by atoms with E-state index < -0.39 is 0 Å². The van der Waals surface area contributed by atoms with E-state index in [1.54, 1.807) is 0 Å². The van der Waals surface area contributed by atoms with Gasteiger partial charge < -0.3 is 4.74 Å². The summed E-state index contributed by atoms with van der Waals surface area (Å²) < 4.78 is 5.15. The maximum Gasteiger partial charge on any atom is 0.0837 e. The van der Waals surface area contributed by atoms with Crippen LogP contribution < -0.4 is 0 Å². The molecule has 0 aromatic heterocycles. The van der Waals surface area contributed by atoms with Crippen LogP contribution >= 0.6 is 0 Å². The van der Waals surface area contributed by atoms with Crippen molar-refractivity contribution < 1.29 is 4.74 Å². The van der Waals surface area contributed by atoms with E-state index in [0.29, 0.717) is 6.10 Å². The van der Waals surface area contributed by atoms with Crippen LogP contribution in [0.25, 0.3) is 0 Å². The first-order chi connectivity index (χ1) is 3.88. The maximum absolute atomic E-state index is 5.15. The number of rotatable bonds is 3. The van der Waals surface area contributed by atoms with Crippen LogP contribution in [0.5, 0.6) is 0 Å². The molecule has 1 heteroatoms. The predicted molar refractivity (Wildman–Crippen MR) is 33.8 cm³/mol. The zero-order valence-electron chi connectivity index (χ0n) is 5.68. The molecule has 1 aliphatic heterocycles. The normalized spacial score (nSPS) is 26.6. The number of ether oxygens (including phenoxy) is 1. The Labute approximate surface area is 51.0 Å². The summed E-state index contributed by atoms with van der Waals surface area (Å²) in [5.41, 5.74) is 0. The summed E-state index contributed by atoms with van der Waals surface area (Å²) in [7, 11) is 0. The molecule has 1 aliphatic rings. The lowest BCUT2D eigenvalue weighted by atomic mass is 10.0. The molecule has 1 nitrogen and oxygen atoms in total.